The van der Waals surface area contributed by atoms with E-state index in [4.69, 9.17) is 5.11 Å². The van der Waals surface area contributed by atoms with Gasteiger partial charge in [-0.1, -0.05) is 0 Å². The Hall–Kier alpha value is -1.89. The number of amides is 1. The predicted octanol–water partition coefficient (Wildman–Crippen LogP) is 1.07. The molecule has 0 saturated carbocycles. The average molecular weight is 299 g/mol. The molecule has 7 heteroatoms. The van der Waals surface area contributed by atoms with Gasteiger partial charge in [-0.15, -0.1) is 0 Å². The number of nitrogens with one attached hydrogen (secondary N) is 1. The van der Waals surface area contributed by atoms with Gasteiger partial charge in [0.25, 0.3) is 5.91 Å². The molecule has 0 aromatic heterocycles. The highest BCUT2D eigenvalue weighted by molar-refractivity contribution is 7.90. The highest BCUT2D eigenvalue weighted by Gasteiger charge is 2.12. The average Bonchev–Trinajstić information content (AvgIpc) is 2.35. The minimum atomic E-state index is -3.28. The van der Waals surface area contributed by atoms with E-state index >= 15 is 0 Å². The molecule has 110 valence electrons. The van der Waals surface area contributed by atoms with Crippen LogP contribution in [0.4, 0.5) is 0 Å². The van der Waals surface area contributed by atoms with E-state index in [1.165, 1.54) is 24.3 Å². The molecule has 0 aliphatic carbocycles. The number of rotatable bonds is 6. The lowest BCUT2D eigenvalue weighted by molar-refractivity contribution is -0.137. The second-order valence-corrected chi connectivity index (χ2v) is 6.62. The smallest absolute Gasteiger partial charge is 0.303 e. The number of benzene rings is 1. The second-order valence-electron chi connectivity index (χ2n) is 4.60. The molecule has 0 spiro atoms. The van der Waals surface area contributed by atoms with Crippen molar-refractivity contribution in [3.63, 3.8) is 0 Å². The van der Waals surface area contributed by atoms with E-state index < -0.39 is 15.8 Å². The summed E-state index contributed by atoms with van der Waals surface area (Å²) in [4.78, 5) is 22.4. The van der Waals surface area contributed by atoms with Gasteiger partial charge in [-0.05, 0) is 37.6 Å². The van der Waals surface area contributed by atoms with Gasteiger partial charge in [0.1, 0.15) is 0 Å². The van der Waals surface area contributed by atoms with E-state index in [0.717, 1.165) is 6.26 Å². The minimum Gasteiger partial charge on any atom is -0.481 e. The van der Waals surface area contributed by atoms with Crippen LogP contribution >= 0.6 is 0 Å². The molecule has 1 aromatic carbocycles. The van der Waals surface area contributed by atoms with Crippen LogP contribution in [-0.4, -0.2) is 37.7 Å². The first-order valence-corrected chi connectivity index (χ1v) is 7.92. The zero-order valence-electron chi connectivity index (χ0n) is 11.3. The number of hydrogen-bond acceptors (Lipinski definition) is 4. The summed E-state index contributed by atoms with van der Waals surface area (Å²) in [6.45, 7) is 1.71. The van der Waals surface area contributed by atoms with E-state index in [9.17, 15) is 18.0 Å². The van der Waals surface area contributed by atoms with E-state index in [0.29, 0.717) is 12.0 Å². The summed E-state index contributed by atoms with van der Waals surface area (Å²) in [6, 6.07) is 5.32. The molecule has 1 rings (SSSR count). The van der Waals surface area contributed by atoms with Crippen LogP contribution < -0.4 is 5.32 Å². The molecule has 1 atom stereocenters. The van der Waals surface area contributed by atoms with E-state index in [1.54, 1.807) is 6.92 Å². The number of aliphatic carboxylic acids is 1. The van der Waals surface area contributed by atoms with Gasteiger partial charge >= 0.3 is 5.97 Å². The van der Waals surface area contributed by atoms with Gasteiger partial charge in [0.05, 0.1) is 4.90 Å². The lowest BCUT2D eigenvalue weighted by Crippen LogP contribution is -2.32. The lowest BCUT2D eigenvalue weighted by Gasteiger charge is -2.12. The number of sulfone groups is 1. The van der Waals surface area contributed by atoms with Crippen molar-refractivity contribution < 1.29 is 23.1 Å². The van der Waals surface area contributed by atoms with Crippen LogP contribution in [0.15, 0.2) is 29.2 Å². The molecule has 6 nitrogen and oxygen atoms in total. The van der Waals surface area contributed by atoms with E-state index in [-0.39, 0.29) is 23.3 Å². The van der Waals surface area contributed by atoms with Crippen LogP contribution in [0.3, 0.4) is 0 Å². The van der Waals surface area contributed by atoms with E-state index in [2.05, 4.69) is 5.32 Å². The van der Waals surface area contributed by atoms with Crippen molar-refractivity contribution in [2.24, 2.45) is 0 Å². The molecule has 0 fully saturated rings. The van der Waals surface area contributed by atoms with Crippen LogP contribution in [0.1, 0.15) is 30.1 Å². The highest BCUT2D eigenvalue weighted by atomic mass is 32.2. The number of hydrogen-bond donors (Lipinski definition) is 2. The van der Waals surface area contributed by atoms with Gasteiger partial charge < -0.3 is 10.4 Å². The summed E-state index contributed by atoms with van der Waals surface area (Å²) in [5, 5.41) is 11.2. The van der Waals surface area contributed by atoms with Crippen LogP contribution in [-0.2, 0) is 14.6 Å². The van der Waals surface area contributed by atoms with Crippen LogP contribution in [0, 0.1) is 0 Å². The molecule has 1 amide bonds. The quantitative estimate of drug-likeness (QED) is 0.818. The third-order valence-corrected chi connectivity index (χ3v) is 3.84. The molecule has 0 aliphatic heterocycles. The summed E-state index contributed by atoms with van der Waals surface area (Å²) >= 11 is 0. The number of carbonyl (C=O) groups excluding carboxylic acids is 1. The molecule has 2 N–H and O–H groups in total. The zero-order chi connectivity index (χ0) is 15.3. The second kappa shape index (κ2) is 6.51. The molecule has 20 heavy (non-hydrogen) atoms. The van der Waals surface area contributed by atoms with Gasteiger partial charge in [0.2, 0.25) is 0 Å². The molecule has 0 heterocycles. The number of carboxylic acid groups (broad SMARTS) is 1. The molecule has 0 saturated heterocycles. The van der Waals surface area contributed by atoms with Crippen molar-refractivity contribution >= 4 is 21.7 Å². The molecule has 0 aliphatic rings. The fourth-order valence-corrected chi connectivity index (χ4v) is 2.20. The monoisotopic (exact) mass is 299 g/mol. The first-order chi connectivity index (χ1) is 9.20. The SMILES string of the molecule is CC(CCC(=O)O)NC(=O)c1ccc(S(C)(=O)=O)cc1. The Morgan fingerprint density at radius 3 is 2.25 bits per heavy atom. The van der Waals surface area contributed by atoms with Crippen LogP contribution in [0.25, 0.3) is 0 Å². The normalized spacial score (nSPS) is 12.7. The van der Waals surface area contributed by atoms with Crippen LogP contribution in [0.2, 0.25) is 0 Å². The molecular weight excluding hydrogens is 282 g/mol. The maximum absolute atomic E-state index is 11.9. The molecular formula is C13H17NO5S. The first kappa shape index (κ1) is 16.2. The minimum absolute atomic E-state index is 0.0194. The van der Waals surface area contributed by atoms with Crippen molar-refractivity contribution in [1.29, 1.82) is 0 Å². The van der Waals surface area contributed by atoms with Crippen molar-refractivity contribution in [1.82, 2.24) is 5.32 Å². The van der Waals surface area contributed by atoms with Gasteiger partial charge in [-0.25, -0.2) is 8.42 Å². The summed E-state index contributed by atoms with van der Waals surface area (Å²) < 4.78 is 22.6. The van der Waals surface area contributed by atoms with Crippen molar-refractivity contribution in [2.45, 2.75) is 30.7 Å². The Morgan fingerprint density at radius 1 is 1.25 bits per heavy atom. The van der Waals surface area contributed by atoms with Gasteiger partial charge in [0, 0.05) is 24.3 Å². The topological polar surface area (TPSA) is 101 Å². The Balaban J connectivity index is 2.66. The summed E-state index contributed by atoms with van der Waals surface area (Å²) in [6.07, 6.45) is 1.41. The largest absolute Gasteiger partial charge is 0.481 e. The Kier molecular flexibility index (Phi) is 5.26. The maximum Gasteiger partial charge on any atom is 0.303 e. The summed E-state index contributed by atoms with van der Waals surface area (Å²) in [5.74, 6) is -1.27. The Labute approximate surface area is 117 Å². The predicted molar refractivity (Wildman–Crippen MR) is 73.3 cm³/mol. The van der Waals surface area contributed by atoms with Gasteiger partial charge in [0.15, 0.2) is 9.84 Å². The highest BCUT2D eigenvalue weighted by Crippen LogP contribution is 2.10. The number of carboxylic acids is 1. The van der Waals surface area contributed by atoms with Crippen molar-refractivity contribution in [3.8, 4) is 0 Å². The molecule has 0 radical (unpaired) electrons. The molecule has 1 unspecified atom stereocenters. The fraction of sp³-hybridized carbons (Fsp3) is 0.385. The van der Waals surface area contributed by atoms with Crippen LogP contribution in [0.5, 0.6) is 0 Å². The third-order valence-electron chi connectivity index (χ3n) is 2.71. The Bertz CT molecular complexity index is 592. The fourth-order valence-electron chi connectivity index (χ4n) is 1.57. The van der Waals surface area contributed by atoms with Gasteiger partial charge in [-0.3, -0.25) is 9.59 Å². The summed E-state index contributed by atoms with van der Waals surface area (Å²) in [7, 11) is -3.28. The standard InChI is InChI=1S/C13H17NO5S/c1-9(3-8-12(15)16)14-13(17)10-4-6-11(7-5-10)20(2,18)19/h4-7,9H,3,8H2,1-2H3,(H,14,17)(H,15,16). The van der Waals surface area contributed by atoms with Crippen molar-refractivity contribution in [2.75, 3.05) is 6.26 Å². The van der Waals surface area contributed by atoms with E-state index in [1.807, 2.05) is 0 Å². The Morgan fingerprint density at radius 2 is 1.80 bits per heavy atom. The lowest BCUT2D eigenvalue weighted by atomic mass is 10.1. The molecule has 0 bridgehead atoms. The summed E-state index contributed by atoms with van der Waals surface area (Å²) in [5.41, 5.74) is 0.333. The maximum atomic E-state index is 11.9. The first-order valence-electron chi connectivity index (χ1n) is 6.03. The molecule has 1 aromatic rings. The third kappa shape index (κ3) is 5.00. The number of carbonyl (C=O) groups is 2. The van der Waals surface area contributed by atoms with Gasteiger partial charge in [-0.2, -0.15) is 0 Å². The van der Waals surface area contributed by atoms with Crippen molar-refractivity contribution in [3.05, 3.63) is 29.8 Å². The zero-order valence-corrected chi connectivity index (χ0v) is 12.1.